The quantitative estimate of drug-likeness (QED) is 0.779. The Hall–Kier alpha value is -1.72. The van der Waals surface area contributed by atoms with Crippen LogP contribution < -0.4 is 0 Å². The summed E-state index contributed by atoms with van der Waals surface area (Å²) in [5, 5.41) is 0. The van der Waals surface area contributed by atoms with E-state index in [2.05, 4.69) is 0 Å². The number of amides is 2. The fraction of sp³-hybridized carbons (Fsp3) is 0.500. The third-order valence-corrected chi connectivity index (χ3v) is 4.67. The summed E-state index contributed by atoms with van der Waals surface area (Å²) in [4.78, 5) is 26.1. The largest absolute Gasteiger partial charge is 0.348 e. The van der Waals surface area contributed by atoms with Gasteiger partial charge in [0.05, 0.1) is 24.3 Å². The molecule has 0 N–H and O–H groups in total. The summed E-state index contributed by atoms with van der Waals surface area (Å²) in [7, 11) is 0. The Balaban J connectivity index is 1.49. The molecule has 2 aliphatic heterocycles. The summed E-state index contributed by atoms with van der Waals surface area (Å²) in [5.41, 5.74) is 1.03. The second-order valence-electron chi connectivity index (χ2n) is 5.98. The van der Waals surface area contributed by atoms with Gasteiger partial charge in [-0.05, 0) is 24.5 Å². The average Bonchev–Trinajstić information content (AvgIpc) is 3.18. The number of imide groups is 1. The summed E-state index contributed by atoms with van der Waals surface area (Å²) in [5.74, 6) is -0.552. The van der Waals surface area contributed by atoms with Crippen LogP contribution in [0.1, 0.15) is 40.0 Å². The Labute approximate surface area is 122 Å². The Morgan fingerprint density at radius 3 is 2.33 bits per heavy atom. The number of rotatable bonds is 2. The van der Waals surface area contributed by atoms with Gasteiger partial charge in [-0.15, -0.1) is 0 Å². The molecule has 4 rings (SSSR count). The molecule has 1 atom stereocenters. The summed E-state index contributed by atoms with van der Waals surface area (Å²) >= 11 is 0. The smallest absolute Gasteiger partial charge is 0.261 e. The van der Waals surface area contributed by atoms with Crippen LogP contribution in [0.4, 0.5) is 0 Å². The summed E-state index contributed by atoms with van der Waals surface area (Å²) < 4.78 is 11.4. The van der Waals surface area contributed by atoms with Gasteiger partial charge in [0.1, 0.15) is 0 Å². The van der Waals surface area contributed by atoms with Crippen LogP contribution in [0.2, 0.25) is 0 Å². The van der Waals surface area contributed by atoms with Crippen molar-refractivity contribution in [2.24, 2.45) is 5.92 Å². The van der Waals surface area contributed by atoms with E-state index >= 15 is 0 Å². The summed E-state index contributed by atoms with van der Waals surface area (Å²) in [6.07, 6.45) is 2.54. The van der Waals surface area contributed by atoms with Gasteiger partial charge in [0.2, 0.25) is 0 Å². The molecule has 0 radical (unpaired) electrons. The lowest BCUT2D eigenvalue weighted by Gasteiger charge is -2.23. The molecular formula is C16H17NO4. The molecule has 1 saturated carbocycles. The number of carbonyl (C=O) groups excluding carboxylic acids is 2. The number of benzene rings is 1. The maximum atomic E-state index is 12.4. The van der Waals surface area contributed by atoms with Crippen LogP contribution >= 0.6 is 0 Å². The first-order valence-corrected chi connectivity index (χ1v) is 7.42. The average molecular weight is 287 g/mol. The number of hydrogen-bond donors (Lipinski definition) is 0. The molecule has 5 nitrogen and oxygen atoms in total. The summed E-state index contributed by atoms with van der Waals surface area (Å²) in [6.45, 7) is 1.74. The number of carbonyl (C=O) groups is 2. The van der Waals surface area contributed by atoms with Gasteiger partial charge in [0.15, 0.2) is 5.79 Å². The van der Waals surface area contributed by atoms with Gasteiger partial charge < -0.3 is 9.47 Å². The molecule has 5 heteroatoms. The zero-order valence-corrected chi connectivity index (χ0v) is 11.7. The Bertz CT molecular complexity index is 571. The Kier molecular flexibility index (Phi) is 2.87. The van der Waals surface area contributed by atoms with E-state index in [1.807, 2.05) is 0 Å². The molecule has 1 aromatic rings. The standard InChI is InChI=1S/C16H17NO4/c18-14-12-3-1-2-4-13(12)15(19)17(14)10-11-5-6-16(9-11)20-7-8-21-16/h1-4,11H,5-10H2. The summed E-state index contributed by atoms with van der Waals surface area (Å²) in [6, 6.07) is 7.01. The molecule has 2 fully saturated rings. The van der Waals surface area contributed by atoms with Crippen molar-refractivity contribution in [3.05, 3.63) is 35.4 Å². The monoisotopic (exact) mass is 287 g/mol. The first-order valence-electron chi connectivity index (χ1n) is 7.42. The van der Waals surface area contributed by atoms with Crippen molar-refractivity contribution in [2.45, 2.75) is 25.0 Å². The number of nitrogens with zero attached hydrogens (tertiary/aromatic N) is 1. The topological polar surface area (TPSA) is 55.8 Å². The second-order valence-corrected chi connectivity index (χ2v) is 5.98. The van der Waals surface area contributed by atoms with Gasteiger partial charge in [-0.2, -0.15) is 0 Å². The van der Waals surface area contributed by atoms with E-state index in [-0.39, 0.29) is 17.7 Å². The van der Waals surface area contributed by atoms with Gasteiger partial charge in [0.25, 0.3) is 11.8 Å². The molecule has 21 heavy (non-hydrogen) atoms. The highest BCUT2D eigenvalue weighted by Gasteiger charge is 2.46. The first kappa shape index (κ1) is 13.0. The van der Waals surface area contributed by atoms with Gasteiger partial charge >= 0.3 is 0 Å². The molecule has 1 unspecified atom stereocenters. The minimum Gasteiger partial charge on any atom is -0.348 e. The Morgan fingerprint density at radius 1 is 1.10 bits per heavy atom. The lowest BCUT2D eigenvalue weighted by molar-refractivity contribution is -0.152. The van der Waals surface area contributed by atoms with Crippen LogP contribution in [0.15, 0.2) is 24.3 Å². The maximum absolute atomic E-state index is 12.4. The molecule has 1 aromatic carbocycles. The van der Waals surface area contributed by atoms with Crippen molar-refractivity contribution < 1.29 is 19.1 Å². The molecular weight excluding hydrogens is 270 g/mol. The molecule has 1 aliphatic carbocycles. The van der Waals surface area contributed by atoms with Gasteiger partial charge in [-0.3, -0.25) is 14.5 Å². The zero-order chi connectivity index (χ0) is 14.4. The number of hydrogen-bond acceptors (Lipinski definition) is 4. The minimum absolute atomic E-state index is 0.176. The van der Waals surface area contributed by atoms with Crippen LogP contribution in [-0.2, 0) is 9.47 Å². The van der Waals surface area contributed by atoms with Crippen molar-refractivity contribution >= 4 is 11.8 Å². The van der Waals surface area contributed by atoms with Crippen molar-refractivity contribution in [2.75, 3.05) is 19.8 Å². The van der Waals surface area contributed by atoms with Crippen LogP contribution in [0, 0.1) is 5.92 Å². The van der Waals surface area contributed by atoms with Crippen LogP contribution in [0.25, 0.3) is 0 Å². The van der Waals surface area contributed by atoms with E-state index in [0.29, 0.717) is 30.9 Å². The highest BCUT2D eigenvalue weighted by molar-refractivity contribution is 6.21. The molecule has 3 aliphatic rings. The van der Waals surface area contributed by atoms with Crippen molar-refractivity contribution in [3.8, 4) is 0 Å². The predicted molar refractivity (Wildman–Crippen MR) is 73.8 cm³/mol. The molecule has 0 bridgehead atoms. The normalized spacial score (nSPS) is 26.9. The molecule has 110 valence electrons. The van der Waals surface area contributed by atoms with Crippen LogP contribution in [0.3, 0.4) is 0 Å². The van der Waals surface area contributed by atoms with E-state index in [1.165, 1.54) is 4.90 Å². The fourth-order valence-electron chi connectivity index (χ4n) is 3.65. The number of ether oxygens (including phenoxy) is 2. The van der Waals surface area contributed by atoms with Crippen LogP contribution in [0.5, 0.6) is 0 Å². The van der Waals surface area contributed by atoms with E-state index in [1.54, 1.807) is 24.3 Å². The SMILES string of the molecule is O=C1c2ccccc2C(=O)N1CC1CCC2(C1)OCCO2. The van der Waals surface area contributed by atoms with Crippen molar-refractivity contribution in [3.63, 3.8) is 0 Å². The predicted octanol–water partition coefficient (Wildman–Crippen LogP) is 1.83. The zero-order valence-electron chi connectivity index (χ0n) is 11.7. The van der Waals surface area contributed by atoms with E-state index < -0.39 is 5.79 Å². The van der Waals surface area contributed by atoms with E-state index in [9.17, 15) is 9.59 Å². The third-order valence-electron chi connectivity index (χ3n) is 4.67. The third kappa shape index (κ3) is 2.00. The highest BCUT2D eigenvalue weighted by Crippen LogP contribution is 2.41. The molecule has 2 heterocycles. The van der Waals surface area contributed by atoms with Crippen molar-refractivity contribution in [1.29, 1.82) is 0 Å². The molecule has 0 aromatic heterocycles. The molecule has 2 amide bonds. The molecule has 1 saturated heterocycles. The maximum Gasteiger partial charge on any atom is 0.261 e. The van der Waals surface area contributed by atoms with Gasteiger partial charge in [0, 0.05) is 19.4 Å². The van der Waals surface area contributed by atoms with Gasteiger partial charge in [-0.1, -0.05) is 12.1 Å². The number of fused-ring (bicyclic) bond motifs is 1. The molecule has 1 spiro atoms. The van der Waals surface area contributed by atoms with Crippen LogP contribution in [-0.4, -0.2) is 42.3 Å². The first-order chi connectivity index (χ1) is 10.2. The second kappa shape index (κ2) is 4.64. The minimum atomic E-state index is -0.455. The fourth-order valence-corrected chi connectivity index (χ4v) is 3.65. The van der Waals surface area contributed by atoms with Crippen molar-refractivity contribution in [1.82, 2.24) is 4.90 Å². The van der Waals surface area contributed by atoms with E-state index in [4.69, 9.17) is 9.47 Å². The van der Waals surface area contributed by atoms with E-state index in [0.717, 1.165) is 19.3 Å². The van der Waals surface area contributed by atoms with Gasteiger partial charge in [-0.25, -0.2) is 0 Å². The lowest BCUT2D eigenvalue weighted by Crippen LogP contribution is -2.35. The highest BCUT2D eigenvalue weighted by atomic mass is 16.7. The lowest BCUT2D eigenvalue weighted by atomic mass is 10.1. The Morgan fingerprint density at radius 2 is 1.71 bits per heavy atom.